The average molecular weight is 252 g/mol. The minimum absolute atomic E-state index is 0.181. The Morgan fingerprint density at radius 1 is 1.47 bits per heavy atom. The van der Waals surface area contributed by atoms with Crippen LogP contribution in [0.1, 0.15) is 13.3 Å². The van der Waals surface area contributed by atoms with Gasteiger partial charge in [0, 0.05) is 13.1 Å². The predicted molar refractivity (Wildman–Crippen MR) is 65.8 cm³/mol. The van der Waals surface area contributed by atoms with Crippen molar-refractivity contribution < 1.29 is 8.42 Å². The van der Waals surface area contributed by atoms with Gasteiger partial charge in [-0.2, -0.15) is 11.8 Å². The molecule has 0 radical (unpaired) electrons. The van der Waals surface area contributed by atoms with Gasteiger partial charge in [-0.25, -0.2) is 13.1 Å². The Balaban J connectivity index is 2.05. The molecule has 1 unspecified atom stereocenters. The van der Waals surface area contributed by atoms with Crippen molar-refractivity contribution in [3.8, 4) is 0 Å². The first kappa shape index (κ1) is 13.3. The maximum atomic E-state index is 11.3. The molecule has 4 nitrogen and oxygen atoms in total. The standard InChI is InChI=1S/C9H20N2O2S2/c1-2-11-15(12,13)6-4-10-7-9-3-5-14-8-9/h9-11H,2-8H2,1H3. The van der Waals surface area contributed by atoms with Gasteiger partial charge in [0.15, 0.2) is 0 Å². The molecule has 1 aliphatic heterocycles. The molecule has 90 valence electrons. The van der Waals surface area contributed by atoms with E-state index in [2.05, 4.69) is 10.0 Å². The maximum Gasteiger partial charge on any atom is 0.212 e. The average Bonchev–Trinajstić information content (AvgIpc) is 2.65. The Kier molecular flexibility index (Phi) is 5.96. The minimum Gasteiger partial charge on any atom is -0.315 e. The molecular weight excluding hydrogens is 232 g/mol. The highest BCUT2D eigenvalue weighted by atomic mass is 32.2. The lowest BCUT2D eigenvalue weighted by atomic mass is 10.1. The summed E-state index contributed by atoms with van der Waals surface area (Å²) in [5.41, 5.74) is 0. The summed E-state index contributed by atoms with van der Waals surface area (Å²) in [6.07, 6.45) is 1.26. The second kappa shape index (κ2) is 6.73. The summed E-state index contributed by atoms with van der Waals surface area (Å²) in [5, 5.41) is 3.21. The zero-order valence-electron chi connectivity index (χ0n) is 9.16. The topological polar surface area (TPSA) is 58.2 Å². The van der Waals surface area contributed by atoms with Crippen LogP contribution >= 0.6 is 11.8 Å². The third-order valence-electron chi connectivity index (χ3n) is 2.37. The van der Waals surface area contributed by atoms with Gasteiger partial charge in [-0.15, -0.1) is 0 Å². The fraction of sp³-hybridized carbons (Fsp3) is 1.00. The molecule has 0 amide bonds. The van der Waals surface area contributed by atoms with Crippen LogP contribution < -0.4 is 10.0 Å². The van der Waals surface area contributed by atoms with E-state index in [9.17, 15) is 8.42 Å². The zero-order valence-corrected chi connectivity index (χ0v) is 10.8. The van der Waals surface area contributed by atoms with E-state index in [0.29, 0.717) is 13.1 Å². The maximum absolute atomic E-state index is 11.3. The second-order valence-electron chi connectivity index (χ2n) is 3.75. The largest absolute Gasteiger partial charge is 0.315 e. The molecule has 0 spiro atoms. The number of hydrogen-bond acceptors (Lipinski definition) is 4. The minimum atomic E-state index is -3.05. The molecule has 0 aromatic carbocycles. The van der Waals surface area contributed by atoms with E-state index in [4.69, 9.17) is 0 Å². The third-order valence-corrected chi connectivity index (χ3v) is 5.07. The first-order chi connectivity index (χ1) is 7.14. The van der Waals surface area contributed by atoms with Crippen LogP contribution in [-0.2, 0) is 10.0 Å². The Morgan fingerprint density at radius 2 is 2.27 bits per heavy atom. The zero-order chi connectivity index (χ0) is 11.1. The molecule has 6 heteroatoms. The highest BCUT2D eigenvalue weighted by Gasteiger charge is 2.15. The van der Waals surface area contributed by atoms with Crippen molar-refractivity contribution >= 4 is 21.8 Å². The first-order valence-electron chi connectivity index (χ1n) is 5.40. The lowest BCUT2D eigenvalue weighted by Gasteiger charge is -2.10. The van der Waals surface area contributed by atoms with Crippen LogP contribution in [0.25, 0.3) is 0 Å². The van der Waals surface area contributed by atoms with E-state index in [0.717, 1.165) is 12.5 Å². The van der Waals surface area contributed by atoms with E-state index < -0.39 is 10.0 Å². The van der Waals surface area contributed by atoms with Crippen molar-refractivity contribution in [1.29, 1.82) is 0 Å². The van der Waals surface area contributed by atoms with Gasteiger partial charge in [-0.3, -0.25) is 0 Å². The molecule has 1 aliphatic rings. The Hall–Kier alpha value is 0.220. The number of nitrogens with one attached hydrogen (secondary N) is 2. The highest BCUT2D eigenvalue weighted by molar-refractivity contribution is 7.99. The summed E-state index contributed by atoms with van der Waals surface area (Å²) in [6.45, 7) is 3.77. The quantitative estimate of drug-likeness (QED) is 0.639. The molecule has 1 saturated heterocycles. The molecule has 2 N–H and O–H groups in total. The lowest BCUT2D eigenvalue weighted by molar-refractivity contribution is 0.529. The molecular formula is C9H20N2O2S2. The SMILES string of the molecule is CCNS(=O)(=O)CCNCC1CCSC1. The van der Waals surface area contributed by atoms with Crippen LogP contribution in [-0.4, -0.2) is 45.3 Å². The first-order valence-corrected chi connectivity index (χ1v) is 8.20. The van der Waals surface area contributed by atoms with Crippen LogP contribution in [0.3, 0.4) is 0 Å². The van der Waals surface area contributed by atoms with Gasteiger partial charge in [0.1, 0.15) is 0 Å². The second-order valence-corrected chi connectivity index (χ2v) is 6.83. The summed E-state index contributed by atoms with van der Waals surface area (Å²) in [6, 6.07) is 0. The van der Waals surface area contributed by atoms with E-state index in [1.807, 2.05) is 11.8 Å². The summed E-state index contributed by atoms with van der Waals surface area (Å²) in [4.78, 5) is 0. The number of thioether (sulfide) groups is 1. The van der Waals surface area contributed by atoms with Gasteiger partial charge in [-0.1, -0.05) is 6.92 Å². The van der Waals surface area contributed by atoms with Crippen LogP contribution in [0.2, 0.25) is 0 Å². The van der Waals surface area contributed by atoms with Crippen LogP contribution in [0.15, 0.2) is 0 Å². The molecule has 0 aliphatic carbocycles. The van der Waals surface area contributed by atoms with Gasteiger partial charge < -0.3 is 5.32 Å². The predicted octanol–water partition coefficient (Wildman–Crippen LogP) is 0.268. The normalized spacial score (nSPS) is 22.1. The third kappa shape index (κ3) is 5.75. The number of hydrogen-bond donors (Lipinski definition) is 2. The summed E-state index contributed by atoms with van der Waals surface area (Å²) in [5.74, 6) is 3.38. The van der Waals surface area contributed by atoms with Gasteiger partial charge in [-0.05, 0) is 30.4 Å². The Morgan fingerprint density at radius 3 is 2.87 bits per heavy atom. The van der Waals surface area contributed by atoms with Crippen LogP contribution in [0.5, 0.6) is 0 Å². The molecule has 15 heavy (non-hydrogen) atoms. The van der Waals surface area contributed by atoms with Crippen LogP contribution in [0.4, 0.5) is 0 Å². The van der Waals surface area contributed by atoms with Crippen molar-refractivity contribution in [2.45, 2.75) is 13.3 Å². The fourth-order valence-corrected chi connectivity index (χ4v) is 3.83. The van der Waals surface area contributed by atoms with Crippen molar-refractivity contribution in [3.05, 3.63) is 0 Å². The van der Waals surface area contributed by atoms with Crippen LogP contribution in [0, 0.1) is 5.92 Å². The molecule has 1 fully saturated rings. The summed E-state index contributed by atoms with van der Waals surface area (Å²) in [7, 11) is -3.05. The Bertz CT molecular complexity index is 261. The molecule has 0 bridgehead atoms. The van der Waals surface area contributed by atoms with Crippen molar-refractivity contribution in [1.82, 2.24) is 10.0 Å². The van der Waals surface area contributed by atoms with E-state index in [1.165, 1.54) is 17.9 Å². The van der Waals surface area contributed by atoms with Gasteiger partial charge in [0.25, 0.3) is 0 Å². The van der Waals surface area contributed by atoms with Crippen molar-refractivity contribution in [2.75, 3.05) is 36.9 Å². The van der Waals surface area contributed by atoms with E-state index in [-0.39, 0.29) is 5.75 Å². The molecule has 0 aromatic heterocycles. The summed E-state index contributed by atoms with van der Waals surface area (Å²) >= 11 is 1.98. The van der Waals surface area contributed by atoms with Crippen molar-refractivity contribution in [3.63, 3.8) is 0 Å². The highest BCUT2D eigenvalue weighted by Crippen LogP contribution is 2.22. The molecule has 1 atom stereocenters. The van der Waals surface area contributed by atoms with Gasteiger partial charge in [0.2, 0.25) is 10.0 Å². The molecule has 1 rings (SSSR count). The molecule has 0 aromatic rings. The fourth-order valence-electron chi connectivity index (χ4n) is 1.55. The number of rotatable bonds is 7. The molecule has 0 saturated carbocycles. The molecule has 1 heterocycles. The lowest BCUT2D eigenvalue weighted by Crippen LogP contribution is -2.33. The Labute approximate surface area is 96.6 Å². The van der Waals surface area contributed by atoms with E-state index >= 15 is 0 Å². The van der Waals surface area contributed by atoms with Gasteiger partial charge >= 0.3 is 0 Å². The monoisotopic (exact) mass is 252 g/mol. The van der Waals surface area contributed by atoms with Gasteiger partial charge in [0.05, 0.1) is 5.75 Å². The smallest absolute Gasteiger partial charge is 0.212 e. The van der Waals surface area contributed by atoms with E-state index in [1.54, 1.807) is 6.92 Å². The number of sulfonamides is 1. The summed E-state index contributed by atoms with van der Waals surface area (Å²) < 4.78 is 25.0. The van der Waals surface area contributed by atoms with Crippen molar-refractivity contribution in [2.24, 2.45) is 5.92 Å².